The van der Waals surface area contributed by atoms with E-state index >= 15 is 0 Å². The van der Waals surface area contributed by atoms with E-state index in [1.54, 1.807) is 12.1 Å². The van der Waals surface area contributed by atoms with E-state index in [-0.39, 0.29) is 11.2 Å². The zero-order valence-electron chi connectivity index (χ0n) is 9.35. The smallest absolute Gasteiger partial charge is 0.374 e. The predicted molar refractivity (Wildman–Crippen MR) is 65.6 cm³/mol. The Kier molecular flexibility index (Phi) is 3.19. The monoisotopic (exact) mass is 250 g/mol. The van der Waals surface area contributed by atoms with Crippen molar-refractivity contribution in [2.45, 2.75) is 4.90 Å². The summed E-state index contributed by atoms with van der Waals surface area (Å²) in [4.78, 5) is 24.0. The first-order valence-corrected chi connectivity index (χ1v) is 6.09. The minimum absolute atomic E-state index is 0.0773. The van der Waals surface area contributed by atoms with Gasteiger partial charge in [-0.1, -0.05) is 6.07 Å². The molecule has 0 unspecified atom stereocenters. The summed E-state index contributed by atoms with van der Waals surface area (Å²) in [5, 5.41) is 0.463. The summed E-state index contributed by atoms with van der Waals surface area (Å²) in [6, 6.07) is 6.43. The van der Waals surface area contributed by atoms with E-state index in [2.05, 4.69) is 4.74 Å². The van der Waals surface area contributed by atoms with Gasteiger partial charge in [0.2, 0.25) is 5.76 Å². The summed E-state index contributed by atoms with van der Waals surface area (Å²) in [7, 11) is 1.24. The van der Waals surface area contributed by atoms with Gasteiger partial charge in [-0.3, -0.25) is 4.79 Å². The molecular weight excluding hydrogens is 240 g/mol. The SMILES string of the molecule is COC(=O)c1cc(=O)c2cccc(SC)c2o1. The lowest BCUT2D eigenvalue weighted by Crippen LogP contribution is -2.08. The first-order valence-electron chi connectivity index (χ1n) is 4.86. The van der Waals surface area contributed by atoms with Crippen molar-refractivity contribution >= 4 is 28.7 Å². The van der Waals surface area contributed by atoms with E-state index in [0.717, 1.165) is 11.0 Å². The topological polar surface area (TPSA) is 56.5 Å². The summed E-state index contributed by atoms with van der Waals surface area (Å²) in [5.41, 5.74) is 0.176. The van der Waals surface area contributed by atoms with Gasteiger partial charge in [0, 0.05) is 6.07 Å². The van der Waals surface area contributed by atoms with Crippen molar-refractivity contribution in [2.24, 2.45) is 0 Å². The normalized spacial score (nSPS) is 10.5. The average Bonchev–Trinajstić information content (AvgIpc) is 2.37. The number of fused-ring (bicyclic) bond motifs is 1. The number of carbonyl (C=O) groups excluding carboxylic acids is 1. The molecule has 2 aromatic rings. The molecule has 1 aromatic carbocycles. The van der Waals surface area contributed by atoms with Crippen LogP contribution in [0.15, 0.2) is 38.4 Å². The number of methoxy groups -OCH3 is 1. The molecule has 0 N–H and O–H groups in total. The maximum absolute atomic E-state index is 11.8. The second kappa shape index (κ2) is 4.63. The molecule has 1 heterocycles. The lowest BCUT2D eigenvalue weighted by molar-refractivity contribution is 0.0565. The predicted octanol–water partition coefficient (Wildman–Crippen LogP) is 2.30. The van der Waals surface area contributed by atoms with Crippen molar-refractivity contribution in [3.05, 3.63) is 40.2 Å². The minimum atomic E-state index is -0.653. The number of esters is 1. The number of para-hydroxylation sites is 1. The minimum Gasteiger partial charge on any atom is -0.463 e. The fourth-order valence-corrected chi connectivity index (χ4v) is 2.06. The molecule has 0 spiro atoms. The molecule has 17 heavy (non-hydrogen) atoms. The molecule has 0 aliphatic heterocycles. The molecule has 5 heteroatoms. The van der Waals surface area contributed by atoms with Gasteiger partial charge < -0.3 is 9.15 Å². The standard InChI is InChI=1S/C12H10O4S/c1-15-12(14)9-6-8(13)7-4-3-5-10(17-2)11(7)16-9/h3-6H,1-2H3. The second-order valence-electron chi connectivity index (χ2n) is 3.30. The number of ether oxygens (including phenoxy) is 1. The van der Waals surface area contributed by atoms with E-state index in [1.807, 2.05) is 12.3 Å². The Morgan fingerprint density at radius 3 is 2.82 bits per heavy atom. The third kappa shape index (κ3) is 2.06. The number of hydrogen-bond acceptors (Lipinski definition) is 5. The van der Waals surface area contributed by atoms with Crippen molar-refractivity contribution < 1.29 is 13.9 Å². The highest BCUT2D eigenvalue weighted by molar-refractivity contribution is 7.98. The molecule has 0 aliphatic carbocycles. The van der Waals surface area contributed by atoms with Gasteiger partial charge in [0.25, 0.3) is 0 Å². The number of rotatable bonds is 2. The molecule has 4 nitrogen and oxygen atoms in total. The van der Waals surface area contributed by atoms with Crippen molar-refractivity contribution in [2.75, 3.05) is 13.4 Å². The fourth-order valence-electron chi connectivity index (χ4n) is 1.51. The zero-order chi connectivity index (χ0) is 12.4. The van der Waals surface area contributed by atoms with E-state index < -0.39 is 5.97 Å². The first-order chi connectivity index (χ1) is 8.17. The largest absolute Gasteiger partial charge is 0.463 e. The summed E-state index contributed by atoms with van der Waals surface area (Å²) < 4.78 is 9.96. The van der Waals surface area contributed by atoms with Crippen LogP contribution in [0.1, 0.15) is 10.6 Å². The van der Waals surface area contributed by atoms with E-state index in [4.69, 9.17) is 4.42 Å². The lowest BCUT2D eigenvalue weighted by Gasteiger charge is -2.04. The van der Waals surface area contributed by atoms with Gasteiger partial charge in [-0.05, 0) is 18.4 Å². The second-order valence-corrected chi connectivity index (χ2v) is 4.15. The molecule has 0 aliphatic rings. The highest BCUT2D eigenvalue weighted by Crippen LogP contribution is 2.25. The number of benzene rings is 1. The van der Waals surface area contributed by atoms with E-state index in [9.17, 15) is 9.59 Å². The van der Waals surface area contributed by atoms with Crippen LogP contribution in [-0.2, 0) is 4.74 Å². The van der Waals surface area contributed by atoms with Crippen molar-refractivity contribution in [3.8, 4) is 0 Å². The van der Waals surface area contributed by atoms with Gasteiger partial charge in [0.1, 0.15) is 0 Å². The van der Waals surface area contributed by atoms with Gasteiger partial charge in [-0.2, -0.15) is 0 Å². The highest BCUT2D eigenvalue weighted by atomic mass is 32.2. The molecule has 88 valence electrons. The number of carbonyl (C=O) groups is 1. The van der Waals surface area contributed by atoms with Crippen molar-refractivity contribution in [1.29, 1.82) is 0 Å². The van der Waals surface area contributed by atoms with Crippen LogP contribution in [0.4, 0.5) is 0 Å². The maximum Gasteiger partial charge on any atom is 0.374 e. The molecule has 0 fully saturated rings. The number of thioether (sulfide) groups is 1. The molecule has 0 saturated heterocycles. The Hall–Kier alpha value is -1.75. The lowest BCUT2D eigenvalue weighted by atomic mass is 10.2. The van der Waals surface area contributed by atoms with Crippen LogP contribution in [-0.4, -0.2) is 19.3 Å². The summed E-state index contributed by atoms with van der Waals surface area (Å²) in [5.74, 6) is -0.730. The molecule has 0 bridgehead atoms. The Labute approximate surface area is 102 Å². The van der Waals surface area contributed by atoms with Gasteiger partial charge in [0.15, 0.2) is 11.0 Å². The van der Waals surface area contributed by atoms with E-state index in [1.165, 1.54) is 18.9 Å². The molecular formula is C12H10O4S. The zero-order valence-corrected chi connectivity index (χ0v) is 10.2. The van der Waals surface area contributed by atoms with Gasteiger partial charge in [-0.15, -0.1) is 11.8 Å². The van der Waals surface area contributed by atoms with Gasteiger partial charge in [-0.25, -0.2) is 4.79 Å². The third-order valence-electron chi connectivity index (χ3n) is 2.33. The van der Waals surface area contributed by atoms with Crippen LogP contribution in [0.25, 0.3) is 11.0 Å². The van der Waals surface area contributed by atoms with Gasteiger partial charge >= 0.3 is 5.97 Å². The van der Waals surface area contributed by atoms with Crippen LogP contribution in [0.2, 0.25) is 0 Å². The molecule has 2 rings (SSSR count). The third-order valence-corrected chi connectivity index (χ3v) is 3.09. The molecule has 0 atom stereocenters. The Morgan fingerprint density at radius 2 is 2.18 bits per heavy atom. The van der Waals surface area contributed by atoms with E-state index in [0.29, 0.717) is 11.0 Å². The Bertz CT molecular complexity index is 630. The molecule has 0 saturated carbocycles. The van der Waals surface area contributed by atoms with Crippen LogP contribution < -0.4 is 5.43 Å². The Morgan fingerprint density at radius 1 is 1.41 bits per heavy atom. The highest BCUT2D eigenvalue weighted by Gasteiger charge is 2.14. The quantitative estimate of drug-likeness (QED) is 0.604. The number of hydrogen-bond donors (Lipinski definition) is 0. The van der Waals surface area contributed by atoms with Crippen LogP contribution in [0.5, 0.6) is 0 Å². The van der Waals surface area contributed by atoms with Crippen molar-refractivity contribution in [3.63, 3.8) is 0 Å². The maximum atomic E-state index is 11.8. The molecule has 0 amide bonds. The summed E-state index contributed by atoms with van der Waals surface area (Å²) in [6.45, 7) is 0. The fraction of sp³-hybridized carbons (Fsp3) is 0.167. The molecule has 0 radical (unpaired) electrons. The van der Waals surface area contributed by atoms with Crippen molar-refractivity contribution in [1.82, 2.24) is 0 Å². The first kappa shape index (κ1) is 11.7. The average molecular weight is 250 g/mol. The van der Waals surface area contributed by atoms with Crippen LogP contribution in [0, 0.1) is 0 Å². The summed E-state index contributed by atoms with van der Waals surface area (Å²) in [6.07, 6.45) is 1.87. The van der Waals surface area contributed by atoms with Gasteiger partial charge in [0.05, 0.1) is 17.4 Å². The summed E-state index contributed by atoms with van der Waals surface area (Å²) >= 11 is 1.45. The Balaban J connectivity index is 2.79. The molecule has 1 aromatic heterocycles. The van der Waals surface area contributed by atoms with Crippen LogP contribution in [0.3, 0.4) is 0 Å². The van der Waals surface area contributed by atoms with Crippen LogP contribution >= 0.6 is 11.8 Å².